The number of hydrogen-bond acceptors (Lipinski definition) is 17. The van der Waals surface area contributed by atoms with Crippen molar-refractivity contribution in [2.24, 2.45) is 0 Å². The predicted molar refractivity (Wildman–Crippen MR) is 102 cm³/mol. The number of aliphatic hydroxyl groups excluding tert-OH is 11. The van der Waals surface area contributed by atoms with Gasteiger partial charge >= 0.3 is 0 Å². The van der Waals surface area contributed by atoms with Gasteiger partial charge < -0.3 is 85.3 Å². The molecular formula is C18H32O17. The van der Waals surface area contributed by atoms with Crippen LogP contribution in [-0.4, -0.2) is 177 Å². The summed E-state index contributed by atoms with van der Waals surface area (Å²) >= 11 is 0. The lowest BCUT2D eigenvalue weighted by molar-refractivity contribution is -0.423. The first kappa shape index (κ1) is 28.9. The highest BCUT2D eigenvalue weighted by atomic mass is 16.7. The number of aliphatic hydroxyl groups is 13. The Balaban J connectivity index is 1.94. The molecule has 3 rings (SSSR count). The van der Waals surface area contributed by atoms with Crippen LogP contribution in [0.25, 0.3) is 0 Å². The summed E-state index contributed by atoms with van der Waals surface area (Å²) in [6, 6.07) is 0. The first-order valence-electron chi connectivity index (χ1n) is 10.6. The molecule has 0 spiro atoms. The lowest BCUT2D eigenvalue weighted by Gasteiger charge is -2.60. The molecule has 0 amide bonds. The van der Waals surface area contributed by atoms with Crippen LogP contribution in [0.4, 0.5) is 0 Å². The van der Waals surface area contributed by atoms with Crippen molar-refractivity contribution in [3.8, 4) is 0 Å². The summed E-state index contributed by atoms with van der Waals surface area (Å²) in [5, 5.41) is 133. The van der Waals surface area contributed by atoms with Gasteiger partial charge in [0, 0.05) is 0 Å². The van der Waals surface area contributed by atoms with Gasteiger partial charge in [-0.15, -0.1) is 0 Å². The van der Waals surface area contributed by atoms with Crippen molar-refractivity contribution >= 4 is 0 Å². The van der Waals surface area contributed by atoms with Crippen molar-refractivity contribution in [2.75, 3.05) is 19.8 Å². The number of ether oxygens (including phenoxy) is 4. The maximum atomic E-state index is 11.3. The molecule has 3 saturated heterocycles. The van der Waals surface area contributed by atoms with Crippen molar-refractivity contribution in [3.63, 3.8) is 0 Å². The van der Waals surface area contributed by atoms with Crippen molar-refractivity contribution < 1.29 is 85.3 Å². The summed E-state index contributed by atoms with van der Waals surface area (Å²) < 4.78 is 20.4. The van der Waals surface area contributed by atoms with Crippen LogP contribution >= 0.6 is 0 Å². The minimum Gasteiger partial charge on any atom is -0.394 e. The molecule has 17 nitrogen and oxygen atoms in total. The Morgan fingerprint density at radius 2 is 1.06 bits per heavy atom. The second-order valence-electron chi connectivity index (χ2n) is 8.72. The molecule has 206 valence electrons. The summed E-state index contributed by atoms with van der Waals surface area (Å²) in [6.45, 7) is -3.28. The molecule has 0 saturated carbocycles. The lowest BCUT2D eigenvalue weighted by atomic mass is 9.64. The van der Waals surface area contributed by atoms with E-state index >= 15 is 0 Å². The zero-order valence-electron chi connectivity index (χ0n) is 18.1. The van der Waals surface area contributed by atoms with Crippen LogP contribution in [0.5, 0.6) is 0 Å². The zero-order valence-corrected chi connectivity index (χ0v) is 18.1. The van der Waals surface area contributed by atoms with E-state index in [0.29, 0.717) is 0 Å². The van der Waals surface area contributed by atoms with Crippen molar-refractivity contribution in [1.82, 2.24) is 0 Å². The minimum atomic E-state index is -3.29. The first-order valence-corrected chi connectivity index (χ1v) is 10.6. The Morgan fingerprint density at radius 3 is 1.57 bits per heavy atom. The van der Waals surface area contributed by atoms with E-state index in [-0.39, 0.29) is 0 Å². The first-order chi connectivity index (χ1) is 16.3. The van der Waals surface area contributed by atoms with E-state index in [2.05, 4.69) is 0 Å². The summed E-state index contributed by atoms with van der Waals surface area (Å²) in [7, 11) is 0. The molecule has 0 radical (unpaired) electrons. The van der Waals surface area contributed by atoms with Gasteiger partial charge in [-0.3, -0.25) is 0 Å². The smallest absolute Gasteiger partial charge is 0.187 e. The molecular weight excluding hydrogens is 488 g/mol. The quantitative estimate of drug-likeness (QED) is 0.155. The number of hydrogen-bond donors (Lipinski definition) is 13. The normalized spacial score (nSPS) is 55.6. The van der Waals surface area contributed by atoms with Gasteiger partial charge in [0.05, 0.1) is 19.8 Å². The molecule has 3 aliphatic heterocycles. The average molecular weight is 520 g/mol. The third-order valence-corrected chi connectivity index (χ3v) is 6.81. The van der Waals surface area contributed by atoms with E-state index in [4.69, 9.17) is 18.9 Å². The Hall–Kier alpha value is -0.680. The average Bonchev–Trinajstić information content (AvgIpc) is 2.84. The van der Waals surface area contributed by atoms with Gasteiger partial charge in [0.15, 0.2) is 30.1 Å². The fourth-order valence-electron chi connectivity index (χ4n) is 4.76. The van der Waals surface area contributed by atoms with Crippen LogP contribution < -0.4 is 0 Å². The topological polar surface area (TPSA) is 300 Å². The Kier molecular flexibility index (Phi) is 8.74. The largest absolute Gasteiger partial charge is 0.394 e. The molecule has 0 aliphatic carbocycles. The Morgan fingerprint density at radius 1 is 0.571 bits per heavy atom. The lowest BCUT2D eigenvalue weighted by Crippen LogP contribution is -2.85. The van der Waals surface area contributed by atoms with Crippen LogP contribution in [0.1, 0.15) is 0 Å². The molecule has 13 N–H and O–H groups in total. The zero-order chi connectivity index (χ0) is 26.5. The summed E-state index contributed by atoms with van der Waals surface area (Å²) in [4.78, 5) is 0. The molecule has 17 heteroatoms. The van der Waals surface area contributed by atoms with E-state index in [1.807, 2.05) is 0 Å². The molecule has 0 aromatic carbocycles. The SMILES string of the molecule is OC[C@H]1OC(O)C(O)[C@@H](O)[C@@H]1O[C@@H]1O[C@H](CO)[C@](O)([C@@]2(O)[C@H](O)[C@@H](O)[C@@H](O)O[C@@H]2CO)[C@H](O)[C@H]1O. The Labute approximate surface area is 197 Å². The molecule has 3 heterocycles. The van der Waals surface area contributed by atoms with E-state index in [9.17, 15) is 66.4 Å². The van der Waals surface area contributed by atoms with Gasteiger partial charge in [-0.2, -0.15) is 0 Å². The predicted octanol–water partition coefficient (Wildman–Crippen LogP) is -8.86. The third kappa shape index (κ3) is 4.39. The second-order valence-corrected chi connectivity index (χ2v) is 8.72. The van der Waals surface area contributed by atoms with Crippen molar-refractivity contribution in [1.29, 1.82) is 0 Å². The molecule has 0 aromatic rings. The van der Waals surface area contributed by atoms with Gasteiger partial charge in [0.2, 0.25) is 0 Å². The van der Waals surface area contributed by atoms with Crippen LogP contribution in [0.3, 0.4) is 0 Å². The molecule has 3 fully saturated rings. The summed E-state index contributed by atoms with van der Waals surface area (Å²) in [6.07, 6.45) is -27.0. The van der Waals surface area contributed by atoms with E-state index in [1.165, 1.54) is 0 Å². The summed E-state index contributed by atoms with van der Waals surface area (Å²) in [5.41, 5.74) is -6.55. The molecule has 0 bridgehead atoms. The fraction of sp³-hybridized carbons (Fsp3) is 1.00. The van der Waals surface area contributed by atoms with Gasteiger partial charge in [0.1, 0.15) is 61.0 Å². The highest BCUT2D eigenvalue weighted by molar-refractivity contribution is 5.21. The fourth-order valence-corrected chi connectivity index (χ4v) is 4.76. The van der Waals surface area contributed by atoms with Gasteiger partial charge in [0.25, 0.3) is 0 Å². The van der Waals surface area contributed by atoms with Crippen molar-refractivity contribution in [3.05, 3.63) is 0 Å². The van der Waals surface area contributed by atoms with Crippen LogP contribution in [0.15, 0.2) is 0 Å². The Bertz CT molecular complexity index is 705. The standard InChI is InChI=1S/C18H32O17/c19-1-4-11(7(22)8(23)14(28)32-4)35-16-10(25)13(27)18(31,6(3-21)34-16)17(30)5(2-20)33-15(29)9(24)12(17)26/h4-16,19-31H,1-3H2/t4-,5-,6-,7-,8?,9-,10-,11-,12-,13-,14?,15+,16+,17+,18-/m1/s1. The molecule has 3 aliphatic rings. The second kappa shape index (κ2) is 10.6. The van der Waals surface area contributed by atoms with Gasteiger partial charge in [-0.05, 0) is 0 Å². The van der Waals surface area contributed by atoms with Crippen LogP contribution in [-0.2, 0) is 18.9 Å². The van der Waals surface area contributed by atoms with Crippen LogP contribution in [0, 0.1) is 0 Å². The molecule has 15 atom stereocenters. The van der Waals surface area contributed by atoms with E-state index in [0.717, 1.165) is 0 Å². The maximum absolute atomic E-state index is 11.3. The molecule has 2 unspecified atom stereocenters. The van der Waals surface area contributed by atoms with E-state index in [1.54, 1.807) is 0 Å². The molecule has 35 heavy (non-hydrogen) atoms. The highest BCUT2D eigenvalue weighted by Crippen LogP contribution is 2.46. The maximum Gasteiger partial charge on any atom is 0.187 e. The van der Waals surface area contributed by atoms with Crippen molar-refractivity contribution in [2.45, 2.75) is 91.1 Å². The van der Waals surface area contributed by atoms with E-state index < -0.39 is 111 Å². The van der Waals surface area contributed by atoms with Gasteiger partial charge in [-0.25, -0.2) is 0 Å². The number of rotatable bonds is 6. The summed E-state index contributed by atoms with van der Waals surface area (Å²) in [5.74, 6) is 0. The molecule has 0 aromatic heterocycles. The van der Waals surface area contributed by atoms with Crippen LogP contribution in [0.2, 0.25) is 0 Å². The monoisotopic (exact) mass is 520 g/mol. The third-order valence-electron chi connectivity index (χ3n) is 6.81. The highest BCUT2D eigenvalue weighted by Gasteiger charge is 2.73. The van der Waals surface area contributed by atoms with Gasteiger partial charge in [-0.1, -0.05) is 0 Å². The minimum absolute atomic E-state index is 0.855.